The van der Waals surface area contributed by atoms with Gasteiger partial charge in [0.05, 0.1) is 0 Å². The molecule has 1 aliphatic heterocycles. The molecule has 0 atom stereocenters. The number of para-hydroxylation sites is 1. The fourth-order valence-corrected chi connectivity index (χ4v) is 12.6. The molecule has 2 heterocycles. The van der Waals surface area contributed by atoms with E-state index in [9.17, 15) is 0 Å². The van der Waals surface area contributed by atoms with Crippen LogP contribution in [0.5, 0.6) is 0 Å². The quantitative estimate of drug-likeness (QED) is 0.161. The Balaban J connectivity index is 1.11. The molecule has 0 saturated carbocycles. The van der Waals surface area contributed by atoms with E-state index in [2.05, 4.69) is 316 Å². The van der Waals surface area contributed by atoms with Gasteiger partial charge in [-0.3, -0.25) is 0 Å². The highest BCUT2D eigenvalue weighted by Gasteiger charge is 2.39. The molecule has 82 heavy (non-hydrogen) atoms. The highest BCUT2D eigenvalue weighted by atomic mass is 16.3. The van der Waals surface area contributed by atoms with Gasteiger partial charge >= 0.3 is 0 Å². The zero-order chi connectivity index (χ0) is 58.2. The molecule has 1 radical (unpaired) electrons. The first-order chi connectivity index (χ1) is 38.5. The number of hydrogen-bond donors (Lipinski definition) is 1. The molecular formula is C77H81BN3O. The molecule has 1 aromatic heterocycles. The minimum atomic E-state index is -0.362. The van der Waals surface area contributed by atoms with Gasteiger partial charge in [-0.05, 0) is 174 Å². The topological polar surface area (TPSA) is 31.7 Å². The normalized spacial score (nSPS) is 14.1. The van der Waals surface area contributed by atoms with E-state index in [0.29, 0.717) is 0 Å². The van der Waals surface area contributed by atoms with Crippen LogP contribution in [0.4, 0.5) is 45.5 Å². The second-order valence-electron chi connectivity index (χ2n) is 29.1. The molecule has 0 unspecified atom stereocenters. The number of hydrogen-bond acceptors (Lipinski definition) is 4. The van der Waals surface area contributed by atoms with Crippen molar-refractivity contribution in [2.45, 2.75) is 150 Å². The summed E-state index contributed by atoms with van der Waals surface area (Å²) in [7, 11) is 2.44. The largest absolute Gasteiger partial charge is 0.455 e. The first kappa shape index (κ1) is 54.8. The third kappa shape index (κ3) is 9.62. The molecular weight excluding hydrogens is 994 g/mol. The Kier molecular flexibility index (Phi) is 12.8. The summed E-state index contributed by atoms with van der Waals surface area (Å²) in [4.78, 5) is 4.94. The Hall–Kier alpha value is -7.76. The summed E-state index contributed by atoms with van der Waals surface area (Å²) in [5, 5.41) is 6.26. The average Bonchev–Trinajstić information content (AvgIpc) is 4.09. The minimum Gasteiger partial charge on any atom is -0.455 e. The van der Waals surface area contributed by atoms with Gasteiger partial charge in [0.15, 0.2) is 7.28 Å². The van der Waals surface area contributed by atoms with Crippen molar-refractivity contribution in [3.63, 3.8) is 0 Å². The Morgan fingerprint density at radius 1 is 0.439 bits per heavy atom. The molecule has 0 saturated heterocycles. The van der Waals surface area contributed by atoms with Crippen molar-refractivity contribution < 1.29 is 4.42 Å². The second-order valence-corrected chi connectivity index (χ2v) is 29.1. The number of furan rings is 1. The van der Waals surface area contributed by atoms with Gasteiger partial charge in [0, 0.05) is 72.8 Å². The first-order valence-corrected chi connectivity index (χ1v) is 29.6. The Morgan fingerprint density at radius 3 is 1.50 bits per heavy atom. The van der Waals surface area contributed by atoms with Crippen molar-refractivity contribution in [3.05, 3.63) is 215 Å². The summed E-state index contributed by atoms with van der Waals surface area (Å²) in [6.45, 7) is 39.2. The van der Waals surface area contributed by atoms with E-state index in [-0.39, 0.29) is 32.5 Å². The number of rotatable bonds is 7. The monoisotopic (exact) mass is 1070 g/mol. The lowest BCUT2D eigenvalue weighted by Gasteiger charge is -2.36. The van der Waals surface area contributed by atoms with Crippen LogP contribution in [0.15, 0.2) is 180 Å². The van der Waals surface area contributed by atoms with E-state index >= 15 is 0 Å². The highest BCUT2D eigenvalue weighted by molar-refractivity contribution is 6.73. The molecule has 413 valence electrons. The molecule has 2 aliphatic rings. The van der Waals surface area contributed by atoms with Gasteiger partial charge in [0.2, 0.25) is 0 Å². The van der Waals surface area contributed by atoms with E-state index < -0.39 is 0 Å². The van der Waals surface area contributed by atoms with Gasteiger partial charge in [-0.2, -0.15) is 0 Å². The van der Waals surface area contributed by atoms with Gasteiger partial charge in [0.25, 0.3) is 0 Å². The van der Waals surface area contributed by atoms with E-state index in [1.165, 1.54) is 55.5 Å². The molecule has 0 fully saturated rings. The summed E-state index contributed by atoms with van der Waals surface area (Å²) < 4.78 is 7.26. The second kappa shape index (κ2) is 19.2. The minimum absolute atomic E-state index is 0.00950. The Bertz CT molecular complexity index is 4050. The summed E-state index contributed by atoms with van der Waals surface area (Å²) in [6, 6.07) is 66.8. The van der Waals surface area contributed by atoms with Crippen molar-refractivity contribution >= 4 is 85.6 Å². The lowest BCUT2D eigenvalue weighted by Crippen LogP contribution is -2.41. The van der Waals surface area contributed by atoms with E-state index in [1.54, 1.807) is 0 Å². The molecule has 5 heteroatoms. The van der Waals surface area contributed by atoms with Gasteiger partial charge in [-0.15, -0.1) is 0 Å². The molecule has 0 spiro atoms. The zero-order valence-electron chi connectivity index (χ0n) is 51.6. The predicted octanol–water partition coefficient (Wildman–Crippen LogP) is 20.7. The van der Waals surface area contributed by atoms with Crippen LogP contribution in [0.1, 0.15) is 157 Å². The van der Waals surface area contributed by atoms with Gasteiger partial charge in [-0.1, -0.05) is 208 Å². The lowest BCUT2D eigenvalue weighted by molar-refractivity contribution is 0.590. The van der Waals surface area contributed by atoms with Crippen LogP contribution >= 0.6 is 0 Å². The van der Waals surface area contributed by atoms with Gasteiger partial charge in [-0.25, -0.2) is 0 Å². The SMILES string of the molecule is CC(C)(C)c1ccc(Nc2cc3c(cc2-c2c4c(cc5c2oc2ccccc25)N(c2ccc(C(C)(C)C)cc2)c2ccc(C(C)(C)C)cc2[B]4)-c2ccc(N(c4ccc(C(C)(C)C)cc4)c4ccc(C(C)(C)C)cc4)cc2C3(C)C)cc1. The third-order valence-corrected chi connectivity index (χ3v) is 17.7. The summed E-state index contributed by atoms with van der Waals surface area (Å²) in [5.41, 5.74) is 26.3. The third-order valence-electron chi connectivity index (χ3n) is 17.7. The standard InChI is InChI=1S/C77H81BN3O/c1-72(2,3)47-22-31-52(32-23-47)79-65-46-63-59(57-40-39-56(43-62(57)77(63,16)17)80(53-33-24-48(25-34-53)73(4,5)6)54-35-26-49(27-36-54)74(7,8)9)44-61(65)69-70-67(45-60-58-20-18-19-21-68(58)82-71(60)69)81(55-37-28-50(29-38-55)75(10,11)12)66-41-30-51(76(13,14)15)42-64(66)78-70/h18-46,79H,1-17H3. The van der Waals surface area contributed by atoms with Crippen LogP contribution in [0, 0.1) is 0 Å². The fraction of sp³-hybridized carbons (Fsp3) is 0.299. The maximum absolute atomic E-state index is 7.26. The predicted molar refractivity (Wildman–Crippen MR) is 354 cm³/mol. The van der Waals surface area contributed by atoms with Crippen molar-refractivity contribution in [2.75, 3.05) is 15.1 Å². The summed E-state index contributed by atoms with van der Waals surface area (Å²) in [5.74, 6) is 0. The Labute approximate surface area is 489 Å². The van der Waals surface area contributed by atoms with E-state index in [0.717, 1.165) is 84.0 Å². The summed E-state index contributed by atoms with van der Waals surface area (Å²) in [6.07, 6.45) is 0. The van der Waals surface area contributed by atoms with Gasteiger partial charge < -0.3 is 19.5 Å². The number of anilines is 8. The maximum Gasteiger partial charge on any atom is 0.198 e. The van der Waals surface area contributed by atoms with Crippen LogP contribution in [-0.2, 0) is 32.5 Å². The number of nitrogens with one attached hydrogen (secondary N) is 1. The first-order valence-electron chi connectivity index (χ1n) is 29.6. The van der Waals surface area contributed by atoms with Crippen molar-refractivity contribution in [2.24, 2.45) is 0 Å². The molecule has 10 aromatic rings. The maximum atomic E-state index is 7.26. The van der Waals surface area contributed by atoms with Crippen LogP contribution in [0.25, 0.3) is 44.2 Å². The van der Waals surface area contributed by atoms with E-state index in [1.807, 2.05) is 0 Å². The van der Waals surface area contributed by atoms with E-state index in [4.69, 9.17) is 4.42 Å². The Morgan fingerprint density at radius 2 is 0.939 bits per heavy atom. The smallest absolute Gasteiger partial charge is 0.198 e. The van der Waals surface area contributed by atoms with Crippen LogP contribution in [-0.4, -0.2) is 7.28 Å². The van der Waals surface area contributed by atoms with Gasteiger partial charge in [0.1, 0.15) is 11.2 Å². The molecule has 0 bridgehead atoms. The van der Waals surface area contributed by atoms with Crippen molar-refractivity contribution in [1.29, 1.82) is 0 Å². The number of nitrogens with zero attached hydrogens (tertiary/aromatic N) is 2. The molecule has 4 nitrogen and oxygen atoms in total. The molecule has 12 rings (SSSR count). The van der Waals surface area contributed by atoms with Crippen LogP contribution in [0.2, 0.25) is 0 Å². The van der Waals surface area contributed by atoms with Crippen LogP contribution in [0.3, 0.4) is 0 Å². The van der Waals surface area contributed by atoms with Crippen molar-refractivity contribution in [3.8, 4) is 22.3 Å². The van der Waals surface area contributed by atoms with Crippen molar-refractivity contribution in [1.82, 2.24) is 0 Å². The zero-order valence-corrected chi connectivity index (χ0v) is 51.6. The number of benzene rings is 9. The lowest BCUT2D eigenvalue weighted by atomic mass is 9.57. The van der Waals surface area contributed by atoms with Crippen LogP contribution < -0.4 is 26.0 Å². The molecule has 1 N–H and O–H groups in total. The molecule has 0 amide bonds. The fourth-order valence-electron chi connectivity index (χ4n) is 12.6. The number of fused-ring (bicyclic) bond motifs is 8. The molecule has 9 aromatic carbocycles. The molecule has 1 aliphatic carbocycles. The highest BCUT2D eigenvalue weighted by Crippen LogP contribution is 2.55. The average molecular weight is 1080 g/mol. The summed E-state index contributed by atoms with van der Waals surface area (Å²) >= 11 is 0.